The summed E-state index contributed by atoms with van der Waals surface area (Å²) in [6, 6.07) is 1.64. The van der Waals surface area contributed by atoms with E-state index in [9.17, 15) is 13.2 Å². The summed E-state index contributed by atoms with van der Waals surface area (Å²) in [6.07, 6.45) is 8.02. The molecular formula is C12H11N3O3S. The van der Waals surface area contributed by atoms with Crippen LogP contribution in [0.15, 0.2) is 30.9 Å². The molecule has 98 valence electrons. The van der Waals surface area contributed by atoms with Crippen LogP contribution in [-0.2, 0) is 10.0 Å². The lowest BCUT2D eigenvalue weighted by Crippen LogP contribution is -2.17. The fourth-order valence-electron chi connectivity index (χ4n) is 1.79. The van der Waals surface area contributed by atoms with Gasteiger partial charge in [0.2, 0.25) is 0 Å². The Bertz CT molecular complexity index is 732. The fraction of sp³-hybridized carbons (Fsp3) is 0.250. The Morgan fingerprint density at radius 3 is 2.68 bits per heavy atom. The van der Waals surface area contributed by atoms with E-state index < -0.39 is 10.0 Å². The van der Waals surface area contributed by atoms with Gasteiger partial charge in [-0.05, 0) is 18.9 Å². The highest BCUT2D eigenvalue weighted by atomic mass is 32.2. The van der Waals surface area contributed by atoms with E-state index in [0.717, 1.165) is 4.09 Å². The van der Waals surface area contributed by atoms with E-state index in [1.807, 2.05) is 0 Å². The van der Waals surface area contributed by atoms with Gasteiger partial charge in [0.05, 0.1) is 17.6 Å². The molecule has 1 fully saturated rings. The summed E-state index contributed by atoms with van der Waals surface area (Å²) in [6.45, 7) is 0. The van der Waals surface area contributed by atoms with Crippen molar-refractivity contribution in [1.82, 2.24) is 14.2 Å². The van der Waals surface area contributed by atoms with Gasteiger partial charge in [-0.25, -0.2) is 8.42 Å². The van der Waals surface area contributed by atoms with Crippen LogP contribution in [0.5, 0.6) is 0 Å². The van der Waals surface area contributed by atoms with Crippen LogP contribution in [0, 0.1) is 0 Å². The first-order valence-corrected chi connectivity index (χ1v) is 7.31. The molecule has 0 spiro atoms. The third kappa shape index (κ3) is 2.17. The fourth-order valence-corrected chi connectivity index (χ4v) is 3.27. The SMILES string of the molecule is O=Cc1cncc(-c2cnn(S(=O)(=O)C3CC3)c2)c1. The number of carbonyl (C=O) groups excluding carboxylic acids is 1. The Morgan fingerprint density at radius 1 is 1.21 bits per heavy atom. The van der Waals surface area contributed by atoms with Crippen molar-refractivity contribution in [3.8, 4) is 11.1 Å². The van der Waals surface area contributed by atoms with Gasteiger partial charge in [0.1, 0.15) is 0 Å². The molecule has 1 aliphatic rings. The molecule has 1 aliphatic carbocycles. The van der Waals surface area contributed by atoms with Crippen molar-refractivity contribution >= 4 is 16.3 Å². The zero-order chi connectivity index (χ0) is 13.5. The van der Waals surface area contributed by atoms with Crippen LogP contribution in [0.4, 0.5) is 0 Å². The summed E-state index contributed by atoms with van der Waals surface area (Å²) in [7, 11) is -3.35. The number of hydrogen-bond acceptors (Lipinski definition) is 5. The number of hydrogen-bond donors (Lipinski definition) is 0. The van der Waals surface area contributed by atoms with E-state index in [2.05, 4.69) is 10.1 Å². The van der Waals surface area contributed by atoms with Crippen molar-refractivity contribution in [2.45, 2.75) is 18.1 Å². The van der Waals surface area contributed by atoms with Gasteiger partial charge in [0.15, 0.2) is 6.29 Å². The van der Waals surface area contributed by atoms with Crippen LogP contribution in [0.3, 0.4) is 0 Å². The van der Waals surface area contributed by atoms with Crippen LogP contribution < -0.4 is 0 Å². The molecule has 0 radical (unpaired) electrons. The average molecular weight is 277 g/mol. The summed E-state index contributed by atoms with van der Waals surface area (Å²) in [5, 5.41) is 3.59. The summed E-state index contributed by atoms with van der Waals surface area (Å²) in [5.41, 5.74) is 1.73. The van der Waals surface area contributed by atoms with Gasteiger partial charge >= 0.3 is 0 Å². The number of nitrogens with zero attached hydrogens (tertiary/aromatic N) is 3. The lowest BCUT2D eigenvalue weighted by Gasteiger charge is -2.00. The third-order valence-electron chi connectivity index (χ3n) is 3.00. The molecule has 2 aromatic heterocycles. The monoisotopic (exact) mass is 277 g/mol. The molecule has 0 saturated heterocycles. The normalized spacial score (nSPS) is 15.4. The van der Waals surface area contributed by atoms with Crippen molar-refractivity contribution in [3.63, 3.8) is 0 Å². The maximum atomic E-state index is 12.0. The Balaban J connectivity index is 1.98. The van der Waals surface area contributed by atoms with Crippen LogP contribution in [-0.4, -0.2) is 34.1 Å². The van der Waals surface area contributed by atoms with Crippen LogP contribution >= 0.6 is 0 Å². The van der Waals surface area contributed by atoms with Gasteiger partial charge in [-0.2, -0.15) is 9.19 Å². The number of aldehydes is 1. The van der Waals surface area contributed by atoms with Gasteiger partial charge < -0.3 is 0 Å². The molecule has 2 aromatic rings. The first-order chi connectivity index (χ1) is 9.11. The third-order valence-corrected chi connectivity index (χ3v) is 5.03. The number of carbonyl (C=O) groups is 1. The molecule has 3 rings (SSSR count). The van der Waals surface area contributed by atoms with Gasteiger partial charge in [0, 0.05) is 29.1 Å². The summed E-state index contributed by atoms with van der Waals surface area (Å²) >= 11 is 0. The number of rotatable bonds is 4. The van der Waals surface area contributed by atoms with E-state index >= 15 is 0 Å². The molecule has 19 heavy (non-hydrogen) atoms. The Morgan fingerprint density at radius 2 is 2.00 bits per heavy atom. The molecule has 0 atom stereocenters. The summed E-state index contributed by atoms with van der Waals surface area (Å²) < 4.78 is 25.0. The summed E-state index contributed by atoms with van der Waals surface area (Å²) in [4.78, 5) is 14.6. The summed E-state index contributed by atoms with van der Waals surface area (Å²) in [5.74, 6) is 0. The molecule has 6 nitrogen and oxygen atoms in total. The van der Waals surface area contributed by atoms with Crippen molar-refractivity contribution in [1.29, 1.82) is 0 Å². The molecule has 0 amide bonds. The molecule has 0 N–H and O–H groups in total. The zero-order valence-corrected chi connectivity index (χ0v) is 10.7. The van der Waals surface area contributed by atoms with Crippen LogP contribution in [0.2, 0.25) is 0 Å². The highest BCUT2D eigenvalue weighted by Gasteiger charge is 2.37. The largest absolute Gasteiger partial charge is 0.298 e. The maximum Gasteiger partial charge on any atom is 0.256 e. The predicted octanol–water partition coefficient (Wildman–Crippen LogP) is 1.10. The standard InChI is InChI=1S/C12H11N3O3S/c16-8-9-3-10(5-13-4-9)11-6-14-15(7-11)19(17,18)12-1-2-12/h3-8,12H,1-2H2. The van der Waals surface area contributed by atoms with Crippen molar-refractivity contribution in [2.75, 3.05) is 0 Å². The van der Waals surface area contributed by atoms with Crippen molar-refractivity contribution in [2.24, 2.45) is 0 Å². The average Bonchev–Trinajstić information content (AvgIpc) is 3.17. The lowest BCUT2D eigenvalue weighted by molar-refractivity contribution is 0.112. The second kappa shape index (κ2) is 4.27. The van der Waals surface area contributed by atoms with E-state index in [0.29, 0.717) is 35.8 Å². The Hall–Kier alpha value is -2.02. The van der Waals surface area contributed by atoms with E-state index in [-0.39, 0.29) is 5.25 Å². The smallest absolute Gasteiger partial charge is 0.256 e. The lowest BCUT2D eigenvalue weighted by atomic mass is 10.1. The minimum atomic E-state index is -3.35. The highest BCUT2D eigenvalue weighted by molar-refractivity contribution is 7.90. The molecule has 7 heteroatoms. The number of pyridine rings is 1. The Labute approximate surface area is 110 Å². The van der Waals surface area contributed by atoms with Gasteiger partial charge in [-0.1, -0.05) is 0 Å². The van der Waals surface area contributed by atoms with E-state index in [4.69, 9.17) is 0 Å². The van der Waals surface area contributed by atoms with Gasteiger partial charge in [-0.15, -0.1) is 0 Å². The van der Waals surface area contributed by atoms with Crippen LogP contribution in [0.25, 0.3) is 11.1 Å². The topological polar surface area (TPSA) is 81.9 Å². The molecule has 0 bridgehead atoms. The molecule has 0 unspecified atom stereocenters. The molecule has 2 heterocycles. The van der Waals surface area contributed by atoms with Crippen LogP contribution in [0.1, 0.15) is 23.2 Å². The maximum absolute atomic E-state index is 12.0. The number of aromatic nitrogens is 3. The van der Waals surface area contributed by atoms with Crippen molar-refractivity contribution < 1.29 is 13.2 Å². The Kier molecular flexibility index (Phi) is 2.70. The van der Waals surface area contributed by atoms with E-state index in [1.165, 1.54) is 18.6 Å². The quantitative estimate of drug-likeness (QED) is 0.781. The van der Waals surface area contributed by atoms with E-state index in [1.54, 1.807) is 12.3 Å². The van der Waals surface area contributed by atoms with Gasteiger partial charge in [0.25, 0.3) is 10.0 Å². The second-order valence-corrected chi connectivity index (χ2v) is 6.54. The van der Waals surface area contributed by atoms with Crippen molar-refractivity contribution in [3.05, 3.63) is 36.4 Å². The highest BCUT2D eigenvalue weighted by Crippen LogP contribution is 2.30. The minimum absolute atomic E-state index is 0.306. The first kappa shape index (κ1) is 12.0. The minimum Gasteiger partial charge on any atom is -0.298 e. The van der Waals surface area contributed by atoms with Gasteiger partial charge in [-0.3, -0.25) is 9.78 Å². The zero-order valence-electron chi connectivity index (χ0n) is 9.93. The first-order valence-electron chi connectivity index (χ1n) is 5.81. The molecular weight excluding hydrogens is 266 g/mol. The molecule has 1 saturated carbocycles. The second-order valence-electron chi connectivity index (χ2n) is 4.47. The molecule has 0 aliphatic heterocycles. The predicted molar refractivity (Wildman–Crippen MR) is 68.2 cm³/mol. The molecule has 0 aromatic carbocycles.